The predicted molar refractivity (Wildman–Crippen MR) is 125 cm³/mol. The lowest BCUT2D eigenvalue weighted by Gasteiger charge is -2.37. The van der Waals surface area contributed by atoms with Crippen molar-refractivity contribution < 1.29 is 9.18 Å². The smallest absolute Gasteiger partial charge is 0.270 e. The van der Waals surface area contributed by atoms with Crippen LogP contribution in [0.15, 0.2) is 53.3 Å². The highest BCUT2D eigenvalue weighted by Crippen LogP contribution is 2.29. The molecule has 0 bridgehead atoms. The average Bonchev–Trinajstić information content (AvgIpc) is 2.82. The molecule has 1 fully saturated rings. The molecule has 1 saturated heterocycles. The van der Waals surface area contributed by atoms with E-state index in [4.69, 9.17) is 0 Å². The van der Waals surface area contributed by atoms with Crippen LogP contribution in [0.5, 0.6) is 0 Å². The van der Waals surface area contributed by atoms with Crippen molar-refractivity contribution in [2.75, 3.05) is 37.5 Å². The van der Waals surface area contributed by atoms with Crippen molar-refractivity contribution in [3.8, 4) is 6.07 Å². The van der Waals surface area contributed by atoms with E-state index >= 15 is 0 Å². The van der Waals surface area contributed by atoms with Gasteiger partial charge < -0.3 is 20.5 Å². The first-order valence-electron chi connectivity index (χ1n) is 9.70. The first kappa shape index (κ1) is 24.9. The average molecular weight is 458 g/mol. The molecule has 2 aromatic carbocycles. The Hall–Kier alpha value is -3.41. The lowest BCUT2D eigenvalue weighted by Crippen LogP contribution is -2.49. The van der Waals surface area contributed by atoms with E-state index in [1.165, 1.54) is 35.2 Å². The van der Waals surface area contributed by atoms with Crippen LogP contribution in [0.1, 0.15) is 15.9 Å². The monoisotopic (exact) mass is 457 g/mol. The van der Waals surface area contributed by atoms with Crippen molar-refractivity contribution >= 4 is 34.1 Å². The SMILES string of the molecule is CCl.Cn1c(=O)c(C#N)c(N2CCN(C(=O)c3ccc(F)cc3)CC2)c2ccccc21.N. The summed E-state index contributed by atoms with van der Waals surface area (Å²) in [6.45, 7) is 1.90. The minimum absolute atomic E-state index is 0. The largest absolute Gasteiger partial charge is 0.366 e. The summed E-state index contributed by atoms with van der Waals surface area (Å²) in [5.41, 5.74) is 1.61. The number of nitriles is 1. The Morgan fingerprint density at radius 1 is 1.03 bits per heavy atom. The molecule has 9 heteroatoms. The van der Waals surface area contributed by atoms with Crippen LogP contribution in [-0.2, 0) is 7.05 Å². The highest BCUT2D eigenvalue weighted by atomic mass is 35.5. The number of halogens is 2. The molecule has 0 unspecified atom stereocenters. The van der Waals surface area contributed by atoms with Crippen molar-refractivity contribution in [2.45, 2.75) is 0 Å². The first-order valence-corrected chi connectivity index (χ1v) is 10.5. The molecule has 3 N–H and O–H groups in total. The molecule has 0 spiro atoms. The molecule has 0 aliphatic carbocycles. The van der Waals surface area contributed by atoms with Gasteiger partial charge in [0.1, 0.15) is 17.4 Å². The Morgan fingerprint density at radius 2 is 1.62 bits per heavy atom. The third-order valence-corrected chi connectivity index (χ3v) is 5.36. The second-order valence-electron chi connectivity index (χ2n) is 7.00. The molecule has 2 heterocycles. The van der Waals surface area contributed by atoms with Gasteiger partial charge in [-0.05, 0) is 30.3 Å². The summed E-state index contributed by atoms with van der Waals surface area (Å²) in [5.74, 6) is -0.535. The van der Waals surface area contributed by atoms with Crippen LogP contribution in [0.25, 0.3) is 10.9 Å². The van der Waals surface area contributed by atoms with Gasteiger partial charge in [0.25, 0.3) is 11.5 Å². The summed E-state index contributed by atoms with van der Waals surface area (Å²) in [4.78, 5) is 29.1. The Morgan fingerprint density at radius 3 is 2.22 bits per heavy atom. The molecule has 7 nitrogen and oxygen atoms in total. The van der Waals surface area contributed by atoms with Gasteiger partial charge >= 0.3 is 0 Å². The second-order valence-corrected chi connectivity index (χ2v) is 7.00. The molecule has 0 radical (unpaired) electrons. The fraction of sp³-hybridized carbons (Fsp3) is 0.261. The number of fused-ring (bicyclic) bond motifs is 1. The second kappa shape index (κ2) is 10.8. The van der Waals surface area contributed by atoms with Crippen LogP contribution < -0.4 is 16.6 Å². The number of aryl methyl sites for hydroxylation is 1. The number of amides is 1. The summed E-state index contributed by atoms with van der Waals surface area (Å²) in [6.07, 6.45) is 1.47. The summed E-state index contributed by atoms with van der Waals surface area (Å²) in [7, 11) is 1.66. The number of nitrogens with zero attached hydrogens (tertiary/aromatic N) is 4. The van der Waals surface area contributed by atoms with Gasteiger partial charge in [0, 0.05) is 50.6 Å². The topological polar surface area (TPSA) is 104 Å². The maximum absolute atomic E-state index is 13.1. The van der Waals surface area contributed by atoms with Gasteiger partial charge in [0.2, 0.25) is 0 Å². The molecule has 3 aromatic rings. The molecular formula is C23H25ClFN5O2. The number of para-hydroxylation sites is 1. The van der Waals surface area contributed by atoms with E-state index in [1.807, 2.05) is 29.2 Å². The zero-order valence-corrected chi connectivity index (χ0v) is 18.8. The van der Waals surface area contributed by atoms with E-state index in [9.17, 15) is 19.2 Å². The third-order valence-electron chi connectivity index (χ3n) is 5.36. The molecule has 1 amide bonds. The number of carbonyl (C=O) groups is 1. The summed E-state index contributed by atoms with van der Waals surface area (Å²) >= 11 is 4.64. The fourth-order valence-electron chi connectivity index (χ4n) is 3.82. The summed E-state index contributed by atoms with van der Waals surface area (Å²) < 4.78 is 14.6. The summed E-state index contributed by atoms with van der Waals surface area (Å²) in [6, 6.07) is 15.1. The number of pyridine rings is 1. The number of hydrogen-bond acceptors (Lipinski definition) is 5. The van der Waals surface area contributed by atoms with E-state index < -0.39 is 0 Å². The highest BCUT2D eigenvalue weighted by molar-refractivity contribution is 6.15. The lowest BCUT2D eigenvalue weighted by atomic mass is 10.1. The Labute approximate surface area is 190 Å². The van der Waals surface area contributed by atoms with Crippen molar-refractivity contribution in [3.63, 3.8) is 0 Å². The number of aromatic nitrogens is 1. The van der Waals surface area contributed by atoms with Gasteiger partial charge in [-0.1, -0.05) is 18.2 Å². The van der Waals surface area contributed by atoms with E-state index in [2.05, 4.69) is 17.7 Å². The highest BCUT2D eigenvalue weighted by Gasteiger charge is 2.26. The fourth-order valence-corrected chi connectivity index (χ4v) is 3.82. The van der Waals surface area contributed by atoms with E-state index in [1.54, 1.807) is 11.9 Å². The molecule has 1 aliphatic rings. The number of benzene rings is 2. The van der Waals surface area contributed by atoms with Crippen molar-refractivity contribution in [1.82, 2.24) is 15.6 Å². The summed E-state index contributed by atoms with van der Waals surface area (Å²) in [5, 5.41) is 10.5. The minimum atomic E-state index is -0.382. The maximum Gasteiger partial charge on any atom is 0.270 e. The Bertz CT molecular complexity index is 1200. The number of alkyl halides is 1. The van der Waals surface area contributed by atoms with Crippen LogP contribution in [0.4, 0.5) is 10.1 Å². The van der Waals surface area contributed by atoms with E-state index in [0.29, 0.717) is 37.4 Å². The quantitative estimate of drug-likeness (QED) is 0.593. The van der Waals surface area contributed by atoms with Crippen LogP contribution in [-0.4, -0.2) is 47.9 Å². The maximum atomic E-state index is 13.1. The van der Waals surface area contributed by atoms with Crippen LogP contribution in [0.3, 0.4) is 0 Å². The molecule has 4 rings (SSSR count). The molecule has 0 saturated carbocycles. The molecule has 168 valence electrons. The normalized spacial score (nSPS) is 13.0. The standard InChI is InChI=1S/C22H19FN4O2.CH3Cl.H3N/c1-25-19-5-3-2-4-17(19)20(18(14-24)22(25)29)26-10-12-27(13-11-26)21(28)15-6-8-16(23)9-7-15;1-2;/h2-9H,10-13H2,1H3;1H3;1H3. The number of anilines is 1. The number of carbonyl (C=O) groups excluding carboxylic acids is 1. The number of hydrogen-bond donors (Lipinski definition) is 1. The van der Waals surface area contributed by atoms with Gasteiger partial charge in [0.05, 0.1) is 11.2 Å². The van der Waals surface area contributed by atoms with Crippen molar-refractivity contribution in [2.24, 2.45) is 7.05 Å². The first-order chi connectivity index (χ1) is 15.0. The Balaban J connectivity index is 0.00000118. The Kier molecular flexibility index (Phi) is 8.35. The van der Waals surface area contributed by atoms with Crippen LogP contribution in [0.2, 0.25) is 0 Å². The number of piperazine rings is 1. The zero-order valence-electron chi connectivity index (χ0n) is 18.0. The molecule has 32 heavy (non-hydrogen) atoms. The van der Waals surface area contributed by atoms with Crippen molar-refractivity contribution in [3.05, 3.63) is 75.8 Å². The van der Waals surface area contributed by atoms with Gasteiger partial charge in [-0.3, -0.25) is 9.59 Å². The zero-order chi connectivity index (χ0) is 22.5. The number of rotatable bonds is 2. The molecule has 0 atom stereocenters. The van der Waals surface area contributed by atoms with E-state index in [-0.39, 0.29) is 29.0 Å². The van der Waals surface area contributed by atoms with E-state index in [0.717, 1.165) is 10.9 Å². The van der Waals surface area contributed by atoms with Gasteiger partial charge in [-0.2, -0.15) is 5.26 Å². The predicted octanol–water partition coefficient (Wildman–Crippen LogP) is 3.53. The van der Waals surface area contributed by atoms with Crippen LogP contribution >= 0.6 is 11.6 Å². The van der Waals surface area contributed by atoms with Crippen LogP contribution in [0, 0.1) is 17.1 Å². The van der Waals surface area contributed by atoms with Gasteiger partial charge in [-0.15, -0.1) is 11.6 Å². The minimum Gasteiger partial charge on any atom is -0.366 e. The lowest BCUT2D eigenvalue weighted by molar-refractivity contribution is 0.0747. The molecule has 1 aliphatic heterocycles. The molecular weight excluding hydrogens is 433 g/mol. The van der Waals surface area contributed by atoms with Crippen molar-refractivity contribution in [1.29, 1.82) is 5.26 Å². The van der Waals surface area contributed by atoms with Gasteiger partial charge in [0.15, 0.2) is 0 Å². The third kappa shape index (κ3) is 4.59. The molecule has 1 aromatic heterocycles. The van der Waals surface area contributed by atoms with Gasteiger partial charge in [-0.25, -0.2) is 4.39 Å².